The number of hydrogen-bond donors (Lipinski definition) is 1. The van der Waals surface area contributed by atoms with Crippen LogP contribution in [0.15, 0.2) is 0 Å². The highest BCUT2D eigenvalue weighted by Crippen LogP contribution is 2.44. The number of fused-ring (bicyclic) bond motifs is 1. The van der Waals surface area contributed by atoms with E-state index in [1.54, 1.807) is 0 Å². The second-order valence-corrected chi connectivity index (χ2v) is 3.04. The molecule has 2 aliphatic rings. The summed E-state index contributed by atoms with van der Waals surface area (Å²) >= 11 is 0. The lowest BCUT2D eigenvalue weighted by Crippen LogP contribution is -2.20. The Bertz CT molecular complexity index is 103. The van der Waals surface area contributed by atoms with Crippen LogP contribution >= 0.6 is 0 Å². The monoisotopic (exact) mass is 113 g/mol. The van der Waals surface area contributed by atoms with Gasteiger partial charge in [-0.2, -0.15) is 0 Å². The van der Waals surface area contributed by atoms with E-state index in [-0.39, 0.29) is 6.10 Å². The second kappa shape index (κ2) is 1.25. The van der Waals surface area contributed by atoms with Gasteiger partial charge < -0.3 is 10.0 Å². The second-order valence-electron chi connectivity index (χ2n) is 3.04. The normalized spacial score (nSPS) is 54.0. The molecule has 2 rings (SSSR count). The minimum Gasteiger partial charge on any atom is -0.392 e. The zero-order valence-electron chi connectivity index (χ0n) is 5.04. The van der Waals surface area contributed by atoms with Crippen LogP contribution < -0.4 is 0 Å². The van der Waals surface area contributed by atoms with Crippen LogP contribution in [0.3, 0.4) is 0 Å². The first-order valence-electron chi connectivity index (χ1n) is 3.15. The molecule has 2 nitrogen and oxygen atoms in total. The number of nitrogens with zero attached hydrogens (tertiary/aromatic N) is 1. The smallest absolute Gasteiger partial charge is 0.0629 e. The van der Waals surface area contributed by atoms with E-state index in [1.165, 1.54) is 0 Å². The number of aliphatic hydroxyl groups is 1. The molecule has 1 saturated heterocycles. The molecule has 1 aliphatic heterocycles. The summed E-state index contributed by atoms with van der Waals surface area (Å²) < 4.78 is 0. The van der Waals surface area contributed by atoms with E-state index in [9.17, 15) is 0 Å². The van der Waals surface area contributed by atoms with Crippen molar-refractivity contribution in [1.29, 1.82) is 0 Å². The lowest BCUT2D eigenvalue weighted by atomic mass is 10.4. The molecular weight excluding hydrogens is 102 g/mol. The molecule has 8 heavy (non-hydrogen) atoms. The van der Waals surface area contributed by atoms with Crippen molar-refractivity contribution in [1.82, 2.24) is 4.90 Å². The number of likely N-dealkylation sites (tertiary alicyclic amines) is 1. The fraction of sp³-hybridized carbons (Fsp3) is 1.00. The third kappa shape index (κ3) is 0.446. The van der Waals surface area contributed by atoms with Crippen LogP contribution in [0.4, 0.5) is 0 Å². The average molecular weight is 113 g/mol. The third-order valence-electron chi connectivity index (χ3n) is 2.33. The van der Waals surface area contributed by atoms with E-state index in [0.29, 0.717) is 11.8 Å². The van der Waals surface area contributed by atoms with E-state index >= 15 is 0 Å². The molecule has 0 unspecified atom stereocenters. The van der Waals surface area contributed by atoms with E-state index in [2.05, 4.69) is 11.9 Å². The van der Waals surface area contributed by atoms with Crippen LogP contribution in [0, 0.1) is 11.8 Å². The molecule has 2 fully saturated rings. The molecule has 1 heterocycles. The Kier molecular flexibility index (Phi) is 0.746. The molecule has 1 saturated carbocycles. The van der Waals surface area contributed by atoms with Crippen molar-refractivity contribution in [3.05, 3.63) is 0 Å². The predicted molar refractivity (Wildman–Crippen MR) is 30.5 cm³/mol. The molecule has 46 valence electrons. The van der Waals surface area contributed by atoms with Crippen LogP contribution in [0.5, 0.6) is 0 Å². The maximum Gasteiger partial charge on any atom is 0.0629 e. The molecule has 0 bridgehead atoms. The van der Waals surface area contributed by atoms with Gasteiger partial charge in [-0.15, -0.1) is 0 Å². The van der Waals surface area contributed by atoms with Gasteiger partial charge in [-0.1, -0.05) is 0 Å². The van der Waals surface area contributed by atoms with Gasteiger partial charge in [0.2, 0.25) is 0 Å². The minimum atomic E-state index is 0.0613. The van der Waals surface area contributed by atoms with Crippen molar-refractivity contribution in [2.75, 3.05) is 20.1 Å². The molecular formula is C6H11NO. The van der Waals surface area contributed by atoms with Gasteiger partial charge in [0.1, 0.15) is 0 Å². The Morgan fingerprint density at radius 2 is 1.88 bits per heavy atom. The standard InChI is InChI=1S/C6H11NO/c1-7-2-4-5(3-7)6(4)8/h4-6,8H,2-3H2,1H3/t4-,5+,6+. The van der Waals surface area contributed by atoms with Crippen molar-refractivity contribution in [3.63, 3.8) is 0 Å². The van der Waals surface area contributed by atoms with Crippen LogP contribution in [0.1, 0.15) is 0 Å². The third-order valence-corrected chi connectivity index (χ3v) is 2.33. The van der Waals surface area contributed by atoms with Crippen molar-refractivity contribution in [2.45, 2.75) is 6.10 Å². The molecule has 0 amide bonds. The fourth-order valence-electron chi connectivity index (χ4n) is 1.71. The van der Waals surface area contributed by atoms with Gasteiger partial charge in [0.15, 0.2) is 0 Å². The van der Waals surface area contributed by atoms with Crippen molar-refractivity contribution in [2.24, 2.45) is 11.8 Å². The van der Waals surface area contributed by atoms with Crippen LogP contribution in [-0.4, -0.2) is 36.2 Å². The Morgan fingerprint density at radius 1 is 1.38 bits per heavy atom. The topological polar surface area (TPSA) is 23.5 Å². The predicted octanol–water partition coefficient (Wildman–Crippen LogP) is -0.461. The van der Waals surface area contributed by atoms with E-state index < -0.39 is 0 Å². The van der Waals surface area contributed by atoms with Gasteiger partial charge >= 0.3 is 0 Å². The zero-order valence-corrected chi connectivity index (χ0v) is 5.04. The zero-order chi connectivity index (χ0) is 5.72. The Hall–Kier alpha value is -0.0800. The lowest BCUT2D eigenvalue weighted by Gasteiger charge is -2.09. The van der Waals surface area contributed by atoms with E-state index in [1.807, 2.05) is 0 Å². The number of rotatable bonds is 0. The molecule has 0 radical (unpaired) electrons. The first kappa shape index (κ1) is 4.77. The molecule has 1 aliphatic carbocycles. The van der Waals surface area contributed by atoms with E-state index in [0.717, 1.165) is 13.1 Å². The van der Waals surface area contributed by atoms with Gasteiger partial charge in [-0.3, -0.25) is 0 Å². The van der Waals surface area contributed by atoms with Gasteiger partial charge in [0.25, 0.3) is 0 Å². The first-order valence-corrected chi connectivity index (χ1v) is 3.15. The number of hydrogen-bond acceptors (Lipinski definition) is 2. The molecule has 3 atom stereocenters. The average Bonchev–Trinajstić information content (AvgIpc) is 2.29. The van der Waals surface area contributed by atoms with Gasteiger partial charge in [0, 0.05) is 24.9 Å². The summed E-state index contributed by atoms with van der Waals surface area (Å²) in [5.74, 6) is 1.28. The van der Waals surface area contributed by atoms with E-state index in [4.69, 9.17) is 5.11 Å². The molecule has 0 aromatic heterocycles. The Balaban J connectivity index is 2.00. The number of aliphatic hydroxyl groups excluding tert-OH is 1. The quantitative estimate of drug-likeness (QED) is 0.459. The molecule has 2 heteroatoms. The van der Waals surface area contributed by atoms with Gasteiger partial charge in [-0.25, -0.2) is 0 Å². The number of piperidine rings is 1. The van der Waals surface area contributed by atoms with Crippen molar-refractivity contribution >= 4 is 0 Å². The van der Waals surface area contributed by atoms with Crippen LogP contribution in [0.25, 0.3) is 0 Å². The largest absolute Gasteiger partial charge is 0.392 e. The molecule has 0 aromatic carbocycles. The van der Waals surface area contributed by atoms with Crippen molar-refractivity contribution < 1.29 is 5.11 Å². The summed E-state index contributed by atoms with van der Waals surface area (Å²) in [6.07, 6.45) is 0.0613. The fourth-order valence-corrected chi connectivity index (χ4v) is 1.71. The van der Waals surface area contributed by atoms with Gasteiger partial charge in [-0.05, 0) is 7.05 Å². The molecule has 0 aromatic rings. The molecule has 0 spiro atoms. The Labute approximate surface area is 49.1 Å². The summed E-state index contributed by atoms with van der Waals surface area (Å²) in [7, 11) is 2.11. The highest BCUT2D eigenvalue weighted by molar-refractivity contribution is 5.04. The maximum absolute atomic E-state index is 9.04. The van der Waals surface area contributed by atoms with Crippen molar-refractivity contribution in [3.8, 4) is 0 Å². The summed E-state index contributed by atoms with van der Waals surface area (Å²) in [5.41, 5.74) is 0. The lowest BCUT2D eigenvalue weighted by molar-refractivity contribution is 0.203. The Morgan fingerprint density at radius 3 is 2.25 bits per heavy atom. The maximum atomic E-state index is 9.04. The van der Waals surface area contributed by atoms with Crippen LogP contribution in [0.2, 0.25) is 0 Å². The highest BCUT2D eigenvalue weighted by atomic mass is 16.3. The highest BCUT2D eigenvalue weighted by Gasteiger charge is 2.53. The van der Waals surface area contributed by atoms with Crippen LogP contribution in [-0.2, 0) is 0 Å². The summed E-state index contributed by atoms with van der Waals surface area (Å²) in [4.78, 5) is 2.28. The first-order chi connectivity index (χ1) is 3.79. The minimum absolute atomic E-state index is 0.0613. The molecule has 1 N–H and O–H groups in total. The van der Waals surface area contributed by atoms with Gasteiger partial charge in [0.05, 0.1) is 6.10 Å². The summed E-state index contributed by atoms with van der Waals surface area (Å²) in [5, 5.41) is 9.04. The summed E-state index contributed by atoms with van der Waals surface area (Å²) in [6.45, 7) is 2.23. The summed E-state index contributed by atoms with van der Waals surface area (Å²) in [6, 6.07) is 0. The SMILES string of the molecule is CN1C[C@@H]2[C@@H](O)[C@@H]2C1.